The SMILES string of the molecule is CC(CC(N)=O)NC(=O)c1ccc(CBr)cc1. The number of benzene rings is 1. The summed E-state index contributed by atoms with van der Waals surface area (Å²) in [5.41, 5.74) is 6.73. The lowest BCUT2D eigenvalue weighted by molar-refractivity contribution is -0.118. The normalized spacial score (nSPS) is 11.9. The highest BCUT2D eigenvalue weighted by Crippen LogP contribution is 2.08. The Morgan fingerprint density at radius 2 is 1.94 bits per heavy atom. The lowest BCUT2D eigenvalue weighted by Crippen LogP contribution is -2.35. The number of carbonyl (C=O) groups is 2. The maximum Gasteiger partial charge on any atom is 0.251 e. The molecule has 0 spiro atoms. The molecule has 0 aliphatic heterocycles. The lowest BCUT2D eigenvalue weighted by Gasteiger charge is -2.12. The van der Waals surface area contributed by atoms with Gasteiger partial charge in [-0.3, -0.25) is 9.59 Å². The summed E-state index contributed by atoms with van der Waals surface area (Å²) in [7, 11) is 0. The molecule has 3 N–H and O–H groups in total. The first-order valence-corrected chi connectivity index (χ1v) is 6.39. The molecule has 0 bridgehead atoms. The summed E-state index contributed by atoms with van der Waals surface area (Å²) in [5, 5.41) is 3.47. The fraction of sp³-hybridized carbons (Fsp3) is 0.333. The third-order valence-corrected chi connectivity index (χ3v) is 2.90. The van der Waals surface area contributed by atoms with Gasteiger partial charge >= 0.3 is 0 Å². The van der Waals surface area contributed by atoms with E-state index in [-0.39, 0.29) is 18.4 Å². The van der Waals surface area contributed by atoms with Crippen LogP contribution in [0.25, 0.3) is 0 Å². The number of hydrogen-bond acceptors (Lipinski definition) is 2. The van der Waals surface area contributed by atoms with Gasteiger partial charge in [0.1, 0.15) is 0 Å². The van der Waals surface area contributed by atoms with Crippen LogP contribution in [0.4, 0.5) is 0 Å². The number of amides is 2. The first-order chi connectivity index (χ1) is 8.02. The van der Waals surface area contributed by atoms with Crippen molar-refractivity contribution >= 4 is 27.7 Å². The highest BCUT2D eigenvalue weighted by molar-refractivity contribution is 9.08. The van der Waals surface area contributed by atoms with Crippen molar-refractivity contribution in [2.75, 3.05) is 0 Å². The molecule has 0 aromatic heterocycles. The summed E-state index contributed by atoms with van der Waals surface area (Å²) in [4.78, 5) is 22.4. The summed E-state index contributed by atoms with van der Waals surface area (Å²) in [6, 6.07) is 7.01. The molecule has 0 saturated carbocycles. The molecule has 4 nitrogen and oxygen atoms in total. The van der Waals surface area contributed by atoms with Crippen molar-refractivity contribution in [1.29, 1.82) is 0 Å². The summed E-state index contributed by atoms with van der Waals surface area (Å²) in [6.07, 6.45) is 0.144. The molecular weight excluding hydrogens is 284 g/mol. The standard InChI is InChI=1S/C12H15BrN2O2/c1-8(6-11(14)16)15-12(17)10-4-2-9(7-13)3-5-10/h2-5,8H,6-7H2,1H3,(H2,14,16)(H,15,17). The number of carbonyl (C=O) groups excluding carboxylic acids is 2. The van der Waals surface area contributed by atoms with Crippen molar-refractivity contribution < 1.29 is 9.59 Å². The van der Waals surface area contributed by atoms with E-state index in [9.17, 15) is 9.59 Å². The van der Waals surface area contributed by atoms with Crippen molar-refractivity contribution in [2.45, 2.75) is 24.7 Å². The Bertz CT molecular complexity index is 403. The van der Waals surface area contributed by atoms with E-state index in [0.717, 1.165) is 10.9 Å². The van der Waals surface area contributed by atoms with E-state index in [1.807, 2.05) is 12.1 Å². The number of primary amides is 1. The minimum absolute atomic E-state index is 0.144. The van der Waals surface area contributed by atoms with Crippen LogP contribution in [0, 0.1) is 0 Å². The molecule has 92 valence electrons. The zero-order valence-corrected chi connectivity index (χ0v) is 11.2. The first-order valence-electron chi connectivity index (χ1n) is 5.27. The molecule has 0 heterocycles. The number of halogens is 1. The van der Waals surface area contributed by atoms with Gasteiger partial charge in [-0.15, -0.1) is 0 Å². The van der Waals surface area contributed by atoms with Crippen LogP contribution in [0.1, 0.15) is 29.3 Å². The Labute approximate surface area is 109 Å². The van der Waals surface area contributed by atoms with Crippen molar-refractivity contribution in [1.82, 2.24) is 5.32 Å². The van der Waals surface area contributed by atoms with Crippen LogP contribution in [0.5, 0.6) is 0 Å². The fourth-order valence-corrected chi connectivity index (χ4v) is 1.78. The van der Waals surface area contributed by atoms with E-state index in [2.05, 4.69) is 21.2 Å². The van der Waals surface area contributed by atoms with E-state index < -0.39 is 5.91 Å². The van der Waals surface area contributed by atoms with E-state index in [1.54, 1.807) is 19.1 Å². The van der Waals surface area contributed by atoms with E-state index in [4.69, 9.17) is 5.73 Å². The molecule has 0 aliphatic rings. The molecule has 0 saturated heterocycles. The second-order valence-corrected chi connectivity index (χ2v) is 4.44. The van der Waals surface area contributed by atoms with Crippen LogP contribution >= 0.6 is 15.9 Å². The number of hydrogen-bond donors (Lipinski definition) is 2. The number of alkyl halides is 1. The quantitative estimate of drug-likeness (QED) is 0.810. The van der Waals surface area contributed by atoms with Gasteiger partial charge in [0.2, 0.25) is 5.91 Å². The Balaban J connectivity index is 2.60. The topological polar surface area (TPSA) is 72.2 Å². The maximum absolute atomic E-state index is 11.8. The molecule has 1 unspecified atom stereocenters. The second kappa shape index (κ2) is 6.39. The van der Waals surface area contributed by atoms with E-state index >= 15 is 0 Å². The summed E-state index contributed by atoms with van der Waals surface area (Å²) < 4.78 is 0. The van der Waals surface area contributed by atoms with Gasteiger partial charge in [0, 0.05) is 23.4 Å². The first kappa shape index (κ1) is 13.7. The van der Waals surface area contributed by atoms with Crippen molar-refractivity contribution in [3.05, 3.63) is 35.4 Å². The lowest BCUT2D eigenvalue weighted by atomic mass is 10.1. The zero-order chi connectivity index (χ0) is 12.8. The third kappa shape index (κ3) is 4.56. The maximum atomic E-state index is 11.8. The predicted molar refractivity (Wildman–Crippen MR) is 69.8 cm³/mol. The van der Waals surface area contributed by atoms with Crippen LogP contribution in [0.2, 0.25) is 0 Å². The minimum Gasteiger partial charge on any atom is -0.370 e. The Morgan fingerprint density at radius 3 is 2.41 bits per heavy atom. The monoisotopic (exact) mass is 298 g/mol. The Kier molecular flexibility index (Phi) is 5.15. The van der Waals surface area contributed by atoms with Crippen LogP contribution in [0.3, 0.4) is 0 Å². The Hall–Kier alpha value is -1.36. The van der Waals surface area contributed by atoms with Crippen molar-refractivity contribution in [3.8, 4) is 0 Å². The Morgan fingerprint density at radius 1 is 1.35 bits per heavy atom. The molecule has 2 amide bonds. The van der Waals surface area contributed by atoms with Gasteiger partial charge < -0.3 is 11.1 Å². The summed E-state index contributed by atoms with van der Waals surface area (Å²) in [5.74, 6) is -0.618. The van der Waals surface area contributed by atoms with Gasteiger partial charge in [-0.2, -0.15) is 0 Å². The van der Waals surface area contributed by atoms with Crippen LogP contribution in [-0.4, -0.2) is 17.9 Å². The smallest absolute Gasteiger partial charge is 0.251 e. The van der Waals surface area contributed by atoms with Crippen molar-refractivity contribution in [2.24, 2.45) is 5.73 Å². The molecule has 0 radical (unpaired) electrons. The van der Waals surface area contributed by atoms with Crippen LogP contribution < -0.4 is 11.1 Å². The number of nitrogens with two attached hydrogens (primary N) is 1. The van der Waals surface area contributed by atoms with Gasteiger partial charge in [-0.1, -0.05) is 28.1 Å². The molecule has 5 heteroatoms. The zero-order valence-electron chi connectivity index (χ0n) is 9.57. The van der Waals surface area contributed by atoms with Gasteiger partial charge in [-0.05, 0) is 24.6 Å². The molecule has 17 heavy (non-hydrogen) atoms. The second-order valence-electron chi connectivity index (χ2n) is 3.88. The fourth-order valence-electron chi connectivity index (χ4n) is 1.41. The average molecular weight is 299 g/mol. The van der Waals surface area contributed by atoms with Crippen LogP contribution in [-0.2, 0) is 10.1 Å². The molecule has 1 aromatic rings. The van der Waals surface area contributed by atoms with E-state index in [1.165, 1.54) is 0 Å². The molecular formula is C12H15BrN2O2. The third-order valence-electron chi connectivity index (χ3n) is 2.26. The van der Waals surface area contributed by atoms with Crippen molar-refractivity contribution in [3.63, 3.8) is 0 Å². The molecule has 1 aromatic carbocycles. The van der Waals surface area contributed by atoms with Gasteiger partial charge in [-0.25, -0.2) is 0 Å². The molecule has 1 rings (SSSR count). The largest absolute Gasteiger partial charge is 0.370 e. The summed E-state index contributed by atoms with van der Waals surface area (Å²) >= 11 is 3.33. The van der Waals surface area contributed by atoms with Gasteiger partial charge in [0.25, 0.3) is 5.91 Å². The van der Waals surface area contributed by atoms with Gasteiger partial charge in [0.15, 0.2) is 0 Å². The minimum atomic E-state index is -0.424. The average Bonchev–Trinajstić information content (AvgIpc) is 2.28. The highest BCUT2D eigenvalue weighted by Gasteiger charge is 2.11. The highest BCUT2D eigenvalue weighted by atomic mass is 79.9. The van der Waals surface area contributed by atoms with Crippen LogP contribution in [0.15, 0.2) is 24.3 Å². The predicted octanol–water partition coefficient (Wildman–Crippen LogP) is 1.58. The van der Waals surface area contributed by atoms with Gasteiger partial charge in [0.05, 0.1) is 0 Å². The number of rotatable bonds is 5. The van der Waals surface area contributed by atoms with E-state index in [0.29, 0.717) is 5.56 Å². The molecule has 1 atom stereocenters. The summed E-state index contributed by atoms with van der Waals surface area (Å²) in [6.45, 7) is 1.75. The number of nitrogens with one attached hydrogen (secondary N) is 1. The molecule has 0 fully saturated rings. The molecule has 0 aliphatic carbocycles.